The van der Waals surface area contributed by atoms with E-state index in [1.54, 1.807) is 20.8 Å². The number of carbonyl (C=O) groups is 5. The van der Waals surface area contributed by atoms with Crippen LogP contribution in [0.25, 0.3) is 0 Å². The Morgan fingerprint density at radius 3 is 1.56 bits per heavy atom. The van der Waals surface area contributed by atoms with Gasteiger partial charge in [-0.05, 0) is 101 Å². The largest absolute Gasteiger partial charge is 0.480 e. The second-order valence-corrected chi connectivity index (χ2v) is 21.5. The molecular formula is C46H89N4O12P. The van der Waals surface area contributed by atoms with E-state index in [2.05, 4.69) is 16.0 Å². The number of hydrogen-bond donors (Lipinski definition) is 5. The predicted molar refractivity (Wildman–Crippen MR) is 248 cm³/mol. The molecule has 0 radical (unpaired) electrons. The maximum Gasteiger partial charge on any atom is 0.331 e. The van der Waals surface area contributed by atoms with Gasteiger partial charge in [0.25, 0.3) is 0 Å². The van der Waals surface area contributed by atoms with Crippen molar-refractivity contribution in [1.82, 2.24) is 16.0 Å². The van der Waals surface area contributed by atoms with Crippen LogP contribution in [0.3, 0.4) is 0 Å². The molecule has 3 amide bonds. The third kappa shape index (κ3) is 39.5. The van der Waals surface area contributed by atoms with Crippen molar-refractivity contribution in [2.24, 2.45) is 5.73 Å². The van der Waals surface area contributed by atoms with Gasteiger partial charge in [-0.3, -0.25) is 23.7 Å². The van der Waals surface area contributed by atoms with Crippen molar-refractivity contribution in [2.75, 3.05) is 45.7 Å². The van der Waals surface area contributed by atoms with Gasteiger partial charge in [-0.15, -0.1) is 0 Å². The highest BCUT2D eigenvalue weighted by Gasteiger charge is 2.34. The van der Waals surface area contributed by atoms with Gasteiger partial charge in [0.1, 0.15) is 24.3 Å². The molecule has 0 saturated carbocycles. The molecule has 0 aliphatic rings. The Morgan fingerprint density at radius 2 is 1.05 bits per heavy atom. The van der Waals surface area contributed by atoms with E-state index < -0.39 is 48.4 Å². The monoisotopic (exact) mass is 921 g/mol. The van der Waals surface area contributed by atoms with Gasteiger partial charge in [-0.2, -0.15) is 0 Å². The van der Waals surface area contributed by atoms with Crippen LogP contribution in [0.15, 0.2) is 0 Å². The molecule has 0 fully saturated rings. The first-order valence-electron chi connectivity index (χ1n) is 23.6. The Hall–Kier alpha value is -2.62. The van der Waals surface area contributed by atoms with Crippen molar-refractivity contribution in [2.45, 2.75) is 220 Å². The minimum Gasteiger partial charge on any atom is -0.480 e. The standard InChI is InChI=1S/C46H89N4O12P/c1-44(2,3)60-43(56)38(28-29-39(51)49-31-32-58-33-34-59-36-41(53)48-30-24-23-26-37(47)42(54)55)50-40(52)27-22-20-18-16-14-12-10-11-13-15-17-19-21-25-35-63(57,61-45(4,5)6)62-46(7,8)9/h37-38H,10-36,47H2,1-9H3,(H,48,53)(H,49,51)(H,50,52)(H,54,55)/t37-,38-/m0/s1. The van der Waals surface area contributed by atoms with E-state index in [1.807, 2.05) is 41.5 Å². The molecule has 0 aromatic heterocycles. The van der Waals surface area contributed by atoms with Crippen molar-refractivity contribution >= 4 is 37.3 Å². The maximum atomic E-state index is 13.3. The number of hydrogen-bond acceptors (Lipinski definition) is 12. The van der Waals surface area contributed by atoms with Gasteiger partial charge in [0.15, 0.2) is 0 Å². The maximum absolute atomic E-state index is 13.3. The van der Waals surface area contributed by atoms with E-state index in [9.17, 15) is 28.5 Å². The molecular weight excluding hydrogens is 831 g/mol. The van der Waals surface area contributed by atoms with Gasteiger partial charge < -0.3 is 50.0 Å². The molecule has 0 unspecified atom stereocenters. The van der Waals surface area contributed by atoms with Crippen LogP contribution in [0.1, 0.15) is 191 Å². The quantitative estimate of drug-likeness (QED) is 0.0224. The van der Waals surface area contributed by atoms with E-state index >= 15 is 0 Å². The van der Waals surface area contributed by atoms with E-state index in [1.165, 1.54) is 44.9 Å². The van der Waals surface area contributed by atoms with Crippen molar-refractivity contribution in [3.63, 3.8) is 0 Å². The fourth-order valence-electron chi connectivity index (χ4n) is 6.45. The minimum absolute atomic E-state index is 0.0160. The van der Waals surface area contributed by atoms with Gasteiger partial charge in [0, 0.05) is 25.9 Å². The number of carbonyl (C=O) groups excluding carboxylic acids is 4. The summed E-state index contributed by atoms with van der Waals surface area (Å²) in [6, 6.07) is -1.83. The first kappa shape index (κ1) is 60.4. The van der Waals surface area contributed by atoms with Crippen LogP contribution in [-0.2, 0) is 51.8 Å². The minimum atomic E-state index is -3.15. The third-order valence-electron chi connectivity index (χ3n) is 9.35. The van der Waals surface area contributed by atoms with Crippen LogP contribution in [-0.4, -0.2) is 109 Å². The molecule has 0 saturated heterocycles. The first-order chi connectivity index (χ1) is 29.4. The predicted octanol–water partition coefficient (Wildman–Crippen LogP) is 8.12. The summed E-state index contributed by atoms with van der Waals surface area (Å²) >= 11 is 0. The molecule has 63 heavy (non-hydrogen) atoms. The van der Waals surface area contributed by atoms with Gasteiger partial charge in [0.2, 0.25) is 17.7 Å². The number of nitrogens with two attached hydrogens (primary N) is 1. The Bertz CT molecular complexity index is 1310. The van der Waals surface area contributed by atoms with E-state index in [0.29, 0.717) is 38.4 Å². The molecule has 6 N–H and O–H groups in total. The molecule has 370 valence electrons. The lowest BCUT2D eigenvalue weighted by Crippen LogP contribution is -2.44. The van der Waals surface area contributed by atoms with Crippen molar-refractivity contribution in [1.29, 1.82) is 0 Å². The zero-order valence-corrected chi connectivity index (χ0v) is 41.6. The molecule has 0 aromatic rings. The molecule has 16 nitrogen and oxygen atoms in total. The Labute approximate surface area is 380 Å². The number of carboxylic acid groups (broad SMARTS) is 1. The second-order valence-electron chi connectivity index (χ2n) is 19.4. The molecule has 0 rings (SSSR count). The highest BCUT2D eigenvalue weighted by atomic mass is 31.2. The fraction of sp³-hybridized carbons (Fsp3) is 0.891. The van der Waals surface area contributed by atoms with Gasteiger partial charge in [-0.25, -0.2) is 4.79 Å². The fourth-order valence-corrected chi connectivity index (χ4v) is 8.95. The second kappa shape index (κ2) is 33.8. The van der Waals surface area contributed by atoms with Crippen LogP contribution >= 0.6 is 7.60 Å². The summed E-state index contributed by atoms with van der Waals surface area (Å²) in [5.41, 5.74) is 3.68. The van der Waals surface area contributed by atoms with Crippen molar-refractivity contribution < 1.29 is 56.9 Å². The molecule has 0 aliphatic carbocycles. The Morgan fingerprint density at radius 1 is 0.556 bits per heavy atom. The number of unbranched alkanes of at least 4 members (excludes halogenated alkanes) is 14. The van der Waals surface area contributed by atoms with Gasteiger partial charge in [0.05, 0.1) is 37.2 Å². The van der Waals surface area contributed by atoms with E-state index in [-0.39, 0.29) is 63.5 Å². The molecule has 0 aliphatic heterocycles. The lowest BCUT2D eigenvalue weighted by Gasteiger charge is -2.32. The summed E-state index contributed by atoms with van der Waals surface area (Å²) in [6.07, 6.45) is 17.8. The van der Waals surface area contributed by atoms with E-state index in [0.717, 1.165) is 44.9 Å². The highest BCUT2D eigenvalue weighted by Crippen LogP contribution is 2.55. The average Bonchev–Trinajstić information content (AvgIpc) is 3.14. The average molecular weight is 921 g/mol. The number of ether oxygens (including phenoxy) is 3. The normalized spacial score (nSPS) is 13.3. The smallest absolute Gasteiger partial charge is 0.331 e. The summed E-state index contributed by atoms with van der Waals surface area (Å²) in [5.74, 6) is -2.42. The molecule has 2 atom stereocenters. The number of amides is 3. The van der Waals surface area contributed by atoms with Crippen LogP contribution in [0, 0.1) is 0 Å². The lowest BCUT2D eigenvalue weighted by molar-refractivity contribution is -0.159. The first-order valence-corrected chi connectivity index (χ1v) is 25.3. The number of esters is 1. The SMILES string of the molecule is CC(C)(C)OC(=O)[C@H](CCC(=O)NCCOCCOCC(=O)NCCCC[C@H](N)C(=O)O)NC(=O)CCCCCCCCCCCCCCCCP(=O)(OC(C)(C)C)OC(C)(C)C. The Kier molecular flexibility index (Phi) is 32.4. The van der Waals surface area contributed by atoms with Crippen LogP contribution < -0.4 is 21.7 Å². The summed E-state index contributed by atoms with van der Waals surface area (Å²) in [7, 11) is -3.15. The van der Waals surface area contributed by atoms with Crippen LogP contribution in [0.5, 0.6) is 0 Å². The van der Waals surface area contributed by atoms with Crippen molar-refractivity contribution in [3.05, 3.63) is 0 Å². The molecule has 0 heterocycles. The molecule has 0 spiro atoms. The lowest BCUT2D eigenvalue weighted by atomic mass is 10.0. The zero-order chi connectivity index (χ0) is 47.8. The third-order valence-corrected chi connectivity index (χ3v) is 11.9. The summed E-state index contributed by atoms with van der Waals surface area (Å²) < 4.78 is 41.4. The summed E-state index contributed by atoms with van der Waals surface area (Å²) in [6.45, 7) is 17.9. The number of carboxylic acids is 1. The number of rotatable bonds is 38. The van der Waals surface area contributed by atoms with Gasteiger partial charge in [-0.1, -0.05) is 77.0 Å². The van der Waals surface area contributed by atoms with Gasteiger partial charge >= 0.3 is 19.5 Å². The number of aliphatic carboxylic acids is 1. The van der Waals surface area contributed by atoms with Crippen molar-refractivity contribution in [3.8, 4) is 0 Å². The topological polar surface area (TPSA) is 231 Å². The summed E-state index contributed by atoms with van der Waals surface area (Å²) in [5, 5.41) is 17.0. The molecule has 17 heteroatoms. The highest BCUT2D eigenvalue weighted by molar-refractivity contribution is 7.53. The molecule has 0 bridgehead atoms. The number of nitrogens with one attached hydrogen (secondary N) is 3. The zero-order valence-electron chi connectivity index (χ0n) is 40.7. The van der Waals surface area contributed by atoms with Crippen LogP contribution in [0.2, 0.25) is 0 Å². The Balaban J connectivity index is 4.12. The van der Waals surface area contributed by atoms with E-state index in [4.69, 9.17) is 34.1 Å². The summed E-state index contributed by atoms with van der Waals surface area (Å²) in [4.78, 5) is 60.8. The van der Waals surface area contributed by atoms with Crippen LogP contribution in [0.4, 0.5) is 0 Å². The molecule has 0 aromatic carbocycles.